The zero-order valence-corrected chi connectivity index (χ0v) is 21.8. The van der Waals surface area contributed by atoms with E-state index in [-0.39, 0.29) is 23.5 Å². The van der Waals surface area contributed by atoms with Gasteiger partial charge in [0.2, 0.25) is 0 Å². The lowest BCUT2D eigenvalue weighted by atomic mass is 10.1. The van der Waals surface area contributed by atoms with Gasteiger partial charge in [-0.1, -0.05) is 71.9 Å². The summed E-state index contributed by atoms with van der Waals surface area (Å²) in [6.45, 7) is 19.3. The van der Waals surface area contributed by atoms with Gasteiger partial charge in [0.15, 0.2) is 22.9 Å². The molecule has 0 saturated carbocycles. The predicted octanol–water partition coefficient (Wildman–Crippen LogP) is 6.51. The molecule has 6 heteroatoms. The van der Waals surface area contributed by atoms with E-state index in [2.05, 4.69) is 66.8 Å². The Hall–Kier alpha value is -0.506. The molecule has 0 spiro atoms. The highest BCUT2D eigenvalue weighted by atomic mass is 28.4. The Bertz CT molecular complexity index is 603. The van der Waals surface area contributed by atoms with Crippen molar-refractivity contribution in [2.24, 2.45) is 0 Å². The number of benzene rings is 1. The molecule has 0 N–H and O–H groups in total. The fourth-order valence-corrected chi connectivity index (χ4v) is 7.32. The SMILES string of the molecule is CC[Si](CC)(CC)O[C@@H]1CO[C@@H](c2ccccc2)O[C@H]1CO[Si](C)(C)C(C)(C)C. The molecule has 3 atom stereocenters. The molecule has 1 aliphatic heterocycles. The first-order valence-electron chi connectivity index (χ1n) is 11.2. The monoisotopic (exact) mass is 438 g/mol. The van der Waals surface area contributed by atoms with E-state index >= 15 is 0 Å². The Balaban J connectivity index is 2.18. The number of hydrogen-bond donors (Lipinski definition) is 0. The van der Waals surface area contributed by atoms with Crippen molar-refractivity contribution in [2.45, 2.75) is 96.3 Å². The first-order valence-corrected chi connectivity index (χ1v) is 16.6. The summed E-state index contributed by atoms with van der Waals surface area (Å²) in [5.41, 5.74) is 1.05. The third-order valence-electron chi connectivity index (χ3n) is 6.95. The van der Waals surface area contributed by atoms with Gasteiger partial charge < -0.3 is 18.3 Å². The molecular weight excluding hydrogens is 396 g/mol. The smallest absolute Gasteiger partial charge is 0.192 e. The summed E-state index contributed by atoms with van der Waals surface area (Å²) in [5.74, 6) is 0. The summed E-state index contributed by atoms with van der Waals surface area (Å²) in [6, 6.07) is 13.5. The Kier molecular flexibility index (Phi) is 8.71. The Morgan fingerprint density at radius 3 is 2.10 bits per heavy atom. The molecular formula is C23H42O4Si2. The number of ether oxygens (including phenoxy) is 2. The van der Waals surface area contributed by atoms with Crippen LogP contribution in [-0.4, -0.2) is 42.1 Å². The summed E-state index contributed by atoms with van der Waals surface area (Å²) < 4.78 is 25.9. The van der Waals surface area contributed by atoms with Crippen LogP contribution in [0.1, 0.15) is 53.4 Å². The van der Waals surface area contributed by atoms with Gasteiger partial charge in [-0.15, -0.1) is 0 Å². The van der Waals surface area contributed by atoms with Crippen molar-refractivity contribution in [3.05, 3.63) is 35.9 Å². The fourth-order valence-electron chi connectivity index (χ4n) is 3.44. The molecule has 0 bridgehead atoms. The van der Waals surface area contributed by atoms with Crippen LogP contribution in [0.25, 0.3) is 0 Å². The minimum Gasteiger partial charge on any atom is -0.414 e. The lowest BCUT2D eigenvalue weighted by molar-refractivity contribution is -0.258. The van der Waals surface area contributed by atoms with Gasteiger partial charge in [0, 0.05) is 5.56 Å². The molecule has 4 nitrogen and oxygen atoms in total. The van der Waals surface area contributed by atoms with Crippen molar-refractivity contribution < 1.29 is 18.3 Å². The Labute approximate surface area is 180 Å². The molecule has 0 aliphatic carbocycles. The minimum atomic E-state index is -1.87. The van der Waals surface area contributed by atoms with Crippen LogP contribution in [0.5, 0.6) is 0 Å². The van der Waals surface area contributed by atoms with Crippen LogP contribution in [0.4, 0.5) is 0 Å². The van der Waals surface area contributed by atoms with Crippen LogP contribution in [0.3, 0.4) is 0 Å². The molecule has 1 aliphatic rings. The van der Waals surface area contributed by atoms with Crippen molar-refractivity contribution in [1.29, 1.82) is 0 Å². The van der Waals surface area contributed by atoms with Crippen molar-refractivity contribution in [3.63, 3.8) is 0 Å². The molecule has 166 valence electrons. The van der Waals surface area contributed by atoms with Crippen molar-refractivity contribution in [1.82, 2.24) is 0 Å². The topological polar surface area (TPSA) is 36.9 Å². The van der Waals surface area contributed by atoms with Crippen LogP contribution >= 0.6 is 0 Å². The molecule has 1 saturated heterocycles. The van der Waals surface area contributed by atoms with E-state index in [0.717, 1.165) is 23.7 Å². The lowest BCUT2D eigenvalue weighted by Gasteiger charge is -2.43. The molecule has 1 fully saturated rings. The van der Waals surface area contributed by atoms with Crippen molar-refractivity contribution in [3.8, 4) is 0 Å². The minimum absolute atomic E-state index is 0.0637. The summed E-state index contributed by atoms with van der Waals surface area (Å²) >= 11 is 0. The molecule has 0 unspecified atom stereocenters. The van der Waals surface area contributed by atoms with E-state index < -0.39 is 16.6 Å². The maximum Gasteiger partial charge on any atom is 0.192 e. The Morgan fingerprint density at radius 2 is 1.59 bits per heavy atom. The second kappa shape index (κ2) is 10.2. The maximum atomic E-state index is 6.80. The molecule has 1 aromatic carbocycles. The first kappa shape index (κ1) is 24.8. The molecule has 0 aromatic heterocycles. The zero-order chi connectivity index (χ0) is 21.7. The number of hydrogen-bond acceptors (Lipinski definition) is 4. The normalized spacial score (nSPS) is 23.9. The molecule has 29 heavy (non-hydrogen) atoms. The molecule has 1 heterocycles. The predicted molar refractivity (Wildman–Crippen MR) is 125 cm³/mol. The first-order chi connectivity index (χ1) is 13.6. The summed E-state index contributed by atoms with van der Waals surface area (Å²) in [7, 11) is -3.63. The molecule has 0 amide bonds. The highest BCUT2D eigenvalue weighted by Crippen LogP contribution is 2.38. The van der Waals surface area contributed by atoms with Crippen LogP contribution in [0.2, 0.25) is 36.3 Å². The van der Waals surface area contributed by atoms with Gasteiger partial charge in [0.1, 0.15) is 6.10 Å². The van der Waals surface area contributed by atoms with Crippen molar-refractivity contribution >= 4 is 16.6 Å². The third kappa shape index (κ3) is 6.24. The van der Waals surface area contributed by atoms with E-state index in [9.17, 15) is 0 Å². The summed E-state index contributed by atoms with van der Waals surface area (Å²) in [4.78, 5) is 0. The average molecular weight is 439 g/mol. The maximum absolute atomic E-state index is 6.80. The lowest BCUT2D eigenvalue weighted by Crippen LogP contribution is -2.53. The second-order valence-corrected chi connectivity index (χ2v) is 19.3. The van der Waals surface area contributed by atoms with Crippen LogP contribution in [0.15, 0.2) is 30.3 Å². The van der Waals surface area contributed by atoms with E-state index in [4.69, 9.17) is 18.3 Å². The van der Waals surface area contributed by atoms with Gasteiger partial charge in [-0.2, -0.15) is 0 Å². The summed E-state index contributed by atoms with van der Waals surface area (Å²) in [6.07, 6.45) is -0.532. The van der Waals surface area contributed by atoms with Crippen LogP contribution in [-0.2, 0) is 18.3 Å². The summed E-state index contributed by atoms with van der Waals surface area (Å²) in [5, 5.41) is 0.169. The van der Waals surface area contributed by atoms with Crippen LogP contribution in [0, 0.1) is 0 Å². The third-order valence-corrected chi connectivity index (χ3v) is 16.1. The standard InChI is InChI=1S/C23H42O4Si2/c1-9-29(10-2,11-3)27-21-17-24-22(19-15-13-12-14-16-19)26-20(21)18-25-28(7,8)23(4,5)6/h12-16,20-22H,9-11,17-18H2,1-8H3/t20-,21+,22+/m0/s1. The van der Waals surface area contributed by atoms with Crippen molar-refractivity contribution in [2.75, 3.05) is 13.2 Å². The van der Waals surface area contributed by atoms with E-state index in [1.165, 1.54) is 0 Å². The molecule has 0 radical (unpaired) electrons. The number of rotatable bonds is 9. The van der Waals surface area contributed by atoms with E-state index in [1.54, 1.807) is 0 Å². The molecule has 1 aromatic rings. The van der Waals surface area contributed by atoms with Crippen LogP contribution < -0.4 is 0 Å². The van der Waals surface area contributed by atoms with Gasteiger partial charge in [-0.25, -0.2) is 0 Å². The highest BCUT2D eigenvalue weighted by Gasteiger charge is 2.42. The van der Waals surface area contributed by atoms with E-state index in [0.29, 0.717) is 13.2 Å². The average Bonchev–Trinajstić information content (AvgIpc) is 2.71. The largest absolute Gasteiger partial charge is 0.414 e. The van der Waals surface area contributed by atoms with Gasteiger partial charge in [-0.05, 0) is 36.3 Å². The zero-order valence-electron chi connectivity index (χ0n) is 19.8. The second-order valence-electron chi connectivity index (χ2n) is 9.72. The fraction of sp³-hybridized carbons (Fsp3) is 0.739. The Morgan fingerprint density at radius 1 is 1.00 bits per heavy atom. The quantitative estimate of drug-likeness (QED) is 0.412. The van der Waals surface area contributed by atoms with Gasteiger partial charge >= 0.3 is 0 Å². The molecule has 2 rings (SSSR count). The van der Waals surface area contributed by atoms with Gasteiger partial charge in [0.05, 0.1) is 19.3 Å². The highest BCUT2D eigenvalue weighted by molar-refractivity contribution is 6.74. The van der Waals surface area contributed by atoms with Gasteiger partial charge in [0.25, 0.3) is 0 Å². The van der Waals surface area contributed by atoms with Gasteiger partial charge in [-0.3, -0.25) is 0 Å². The van der Waals surface area contributed by atoms with E-state index in [1.807, 2.05) is 18.2 Å².